The molecule has 17 heavy (non-hydrogen) atoms. The van der Waals surface area contributed by atoms with Gasteiger partial charge in [-0.2, -0.15) is 0 Å². The van der Waals surface area contributed by atoms with Gasteiger partial charge in [0.1, 0.15) is 0 Å². The summed E-state index contributed by atoms with van der Waals surface area (Å²) in [6, 6.07) is 0. The molecular formula is C16H29N. The number of hydrogen-bond acceptors (Lipinski definition) is 1. The maximum atomic E-state index is 5.98. The summed E-state index contributed by atoms with van der Waals surface area (Å²) in [5, 5.41) is 0. The van der Waals surface area contributed by atoms with Crippen molar-refractivity contribution in [2.45, 2.75) is 59.3 Å². The molecule has 1 atom stereocenters. The molecule has 4 fully saturated rings. The molecule has 0 aromatic heterocycles. The second-order valence-electron chi connectivity index (χ2n) is 8.06. The zero-order chi connectivity index (χ0) is 12.3. The van der Waals surface area contributed by atoms with Crippen LogP contribution in [0.3, 0.4) is 0 Å². The summed E-state index contributed by atoms with van der Waals surface area (Å²) < 4.78 is 0. The van der Waals surface area contributed by atoms with E-state index in [-0.39, 0.29) is 0 Å². The second-order valence-corrected chi connectivity index (χ2v) is 8.06. The summed E-state index contributed by atoms with van der Waals surface area (Å²) in [5.74, 6) is 3.85. The molecule has 0 aromatic rings. The summed E-state index contributed by atoms with van der Waals surface area (Å²) in [6.07, 6.45) is 9.17. The Morgan fingerprint density at radius 1 is 1.06 bits per heavy atom. The van der Waals surface area contributed by atoms with Crippen molar-refractivity contribution in [1.82, 2.24) is 0 Å². The highest BCUT2D eigenvalue weighted by Gasteiger charge is 2.57. The van der Waals surface area contributed by atoms with Crippen LogP contribution in [0, 0.1) is 34.5 Å². The largest absolute Gasteiger partial charge is 0.330 e. The van der Waals surface area contributed by atoms with Gasteiger partial charge in [-0.3, -0.25) is 0 Å². The third-order valence-corrected chi connectivity index (χ3v) is 6.99. The number of hydrogen-bond donors (Lipinski definition) is 1. The molecule has 0 aromatic carbocycles. The molecular weight excluding hydrogens is 206 g/mol. The van der Waals surface area contributed by atoms with Gasteiger partial charge in [-0.1, -0.05) is 20.8 Å². The van der Waals surface area contributed by atoms with Crippen molar-refractivity contribution in [3.05, 3.63) is 0 Å². The topological polar surface area (TPSA) is 26.0 Å². The molecule has 0 spiro atoms. The Kier molecular flexibility index (Phi) is 2.63. The van der Waals surface area contributed by atoms with Crippen LogP contribution in [-0.2, 0) is 0 Å². The van der Waals surface area contributed by atoms with E-state index in [4.69, 9.17) is 5.73 Å². The smallest absolute Gasteiger partial charge is 0.00462 e. The third-order valence-electron chi connectivity index (χ3n) is 6.99. The lowest BCUT2D eigenvalue weighted by atomic mass is 9.41. The molecule has 0 saturated heterocycles. The fourth-order valence-corrected chi connectivity index (χ4v) is 5.72. The average molecular weight is 235 g/mol. The highest BCUT2D eigenvalue weighted by atomic mass is 14.7. The van der Waals surface area contributed by atoms with E-state index in [9.17, 15) is 0 Å². The fourth-order valence-electron chi connectivity index (χ4n) is 5.72. The van der Waals surface area contributed by atoms with Crippen molar-refractivity contribution in [2.24, 2.45) is 40.2 Å². The zero-order valence-electron chi connectivity index (χ0n) is 11.8. The Balaban J connectivity index is 1.91. The SMILES string of the molecule is CC(CN)C(C)(C)C12CC3CC(CC(C3)C1)C2. The summed E-state index contributed by atoms with van der Waals surface area (Å²) >= 11 is 0. The van der Waals surface area contributed by atoms with Crippen LogP contribution in [-0.4, -0.2) is 6.54 Å². The maximum Gasteiger partial charge on any atom is -0.00462 e. The molecule has 4 aliphatic carbocycles. The molecule has 0 aliphatic heterocycles. The van der Waals surface area contributed by atoms with Crippen molar-refractivity contribution < 1.29 is 0 Å². The molecule has 0 heterocycles. The average Bonchev–Trinajstić information content (AvgIpc) is 2.25. The first-order chi connectivity index (χ1) is 7.97. The van der Waals surface area contributed by atoms with Gasteiger partial charge in [0.25, 0.3) is 0 Å². The van der Waals surface area contributed by atoms with E-state index in [2.05, 4.69) is 20.8 Å². The highest BCUT2D eigenvalue weighted by molar-refractivity contribution is 5.07. The van der Waals surface area contributed by atoms with E-state index >= 15 is 0 Å². The fraction of sp³-hybridized carbons (Fsp3) is 1.00. The minimum absolute atomic E-state index is 0.442. The molecule has 4 saturated carbocycles. The van der Waals surface area contributed by atoms with Gasteiger partial charge in [0, 0.05) is 0 Å². The molecule has 98 valence electrons. The van der Waals surface area contributed by atoms with E-state index in [1.165, 1.54) is 19.3 Å². The lowest BCUT2D eigenvalue weighted by molar-refractivity contribution is -0.136. The van der Waals surface area contributed by atoms with Crippen molar-refractivity contribution in [3.63, 3.8) is 0 Å². The van der Waals surface area contributed by atoms with E-state index in [1.807, 2.05) is 0 Å². The minimum atomic E-state index is 0.442. The maximum absolute atomic E-state index is 5.98. The first kappa shape index (κ1) is 12.0. The normalized spacial score (nSPS) is 46.2. The third kappa shape index (κ3) is 1.61. The quantitative estimate of drug-likeness (QED) is 0.790. The molecule has 4 rings (SSSR count). The van der Waals surface area contributed by atoms with E-state index in [0.717, 1.165) is 24.3 Å². The predicted octanol–water partition coefficient (Wildman–Crippen LogP) is 3.82. The predicted molar refractivity (Wildman–Crippen MR) is 72.6 cm³/mol. The molecule has 1 unspecified atom stereocenters. The Morgan fingerprint density at radius 2 is 1.47 bits per heavy atom. The number of nitrogens with two attached hydrogens (primary N) is 1. The Morgan fingerprint density at radius 3 is 1.82 bits per heavy atom. The first-order valence-electron chi connectivity index (χ1n) is 7.67. The van der Waals surface area contributed by atoms with Crippen LogP contribution in [0.2, 0.25) is 0 Å². The molecule has 0 amide bonds. The van der Waals surface area contributed by atoms with Gasteiger partial charge in [0.2, 0.25) is 0 Å². The zero-order valence-corrected chi connectivity index (χ0v) is 11.8. The molecule has 4 aliphatic rings. The Hall–Kier alpha value is -0.0400. The highest BCUT2D eigenvalue weighted by Crippen LogP contribution is 2.67. The second kappa shape index (κ2) is 3.73. The summed E-state index contributed by atoms with van der Waals surface area (Å²) in [6.45, 7) is 8.25. The van der Waals surface area contributed by atoms with Crippen molar-refractivity contribution in [1.29, 1.82) is 0 Å². The molecule has 2 N–H and O–H groups in total. The summed E-state index contributed by atoms with van der Waals surface area (Å²) in [4.78, 5) is 0. The Labute approximate surface area is 107 Å². The van der Waals surface area contributed by atoms with Crippen molar-refractivity contribution >= 4 is 0 Å². The van der Waals surface area contributed by atoms with Crippen LogP contribution < -0.4 is 5.73 Å². The van der Waals surface area contributed by atoms with Gasteiger partial charge in [-0.25, -0.2) is 0 Å². The molecule has 0 radical (unpaired) electrons. The van der Waals surface area contributed by atoms with Gasteiger partial charge in [-0.15, -0.1) is 0 Å². The lowest BCUT2D eigenvalue weighted by Crippen LogP contribution is -2.55. The number of rotatable bonds is 3. The van der Waals surface area contributed by atoms with Crippen molar-refractivity contribution in [3.8, 4) is 0 Å². The van der Waals surface area contributed by atoms with Gasteiger partial charge >= 0.3 is 0 Å². The molecule has 1 heteroatoms. The first-order valence-corrected chi connectivity index (χ1v) is 7.67. The van der Waals surface area contributed by atoms with Crippen LogP contribution in [0.5, 0.6) is 0 Å². The Bertz CT molecular complexity index is 269. The van der Waals surface area contributed by atoms with E-state index in [1.54, 1.807) is 19.3 Å². The summed E-state index contributed by atoms with van der Waals surface area (Å²) in [7, 11) is 0. The van der Waals surface area contributed by atoms with Crippen LogP contribution >= 0.6 is 0 Å². The minimum Gasteiger partial charge on any atom is -0.330 e. The standard InChI is InChI=1S/C16H29N/c1-11(10-17)15(2,3)16-7-12-4-13(8-16)6-14(5-12)9-16/h11-14H,4-10,17H2,1-3H3. The van der Waals surface area contributed by atoms with Crippen LogP contribution in [0.15, 0.2) is 0 Å². The van der Waals surface area contributed by atoms with Gasteiger partial charge < -0.3 is 5.73 Å². The monoisotopic (exact) mass is 235 g/mol. The van der Waals surface area contributed by atoms with Gasteiger partial charge in [0.15, 0.2) is 0 Å². The van der Waals surface area contributed by atoms with Crippen LogP contribution in [0.4, 0.5) is 0 Å². The summed E-state index contributed by atoms with van der Waals surface area (Å²) in [5.41, 5.74) is 7.06. The van der Waals surface area contributed by atoms with Gasteiger partial charge in [-0.05, 0) is 79.6 Å². The van der Waals surface area contributed by atoms with Crippen LogP contribution in [0.25, 0.3) is 0 Å². The van der Waals surface area contributed by atoms with Crippen LogP contribution in [0.1, 0.15) is 59.3 Å². The molecule has 4 bridgehead atoms. The lowest BCUT2D eigenvalue weighted by Gasteiger charge is -2.64. The van der Waals surface area contributed by atoms with Gasteiger partial charge in [0.05, 0.1) is 0 Å². The van der Waals surface area contributed by atoms with E-state index < -0.39 is 0 Å². The van der Waals surface area contributed by atoms with Crippen molar-refractivity contribution in [2.75, 3.05) is 6.54 Å². The molecule has 1 nitrogen and oxygen atoms in total. The van der Waals surface area contributed by atoms with E-state index in [0.29, 0.717) is 16.7 Å².